The van der Waals surface area contributed by atoms with Gasteiger partial charge in [0.05, 0.1) is 0 Å². The zero-order valence-corrected chi connectivity index (χ0v) is 12.3. The number of hydrogen-bond donors (Lipinski definition) is 1. The van der Waals surface area contributed by atoms with Gasteiger partial charge in [-0.15, -0.1) is 0 Å². The van der Waals surface area contributed by atoms with Crippen LogP contribution in [0, 0.1) is 11.6 Å². The molecular formula is C19H15F2NO. The van der Waals surface area contributed by atoms with Gasteiger partial charge in [0, 0.05) is 23.9 Å². The summed E-state index contributed by atoms with van der Waals surface area (Å²) in [5.41, 5.74) is 2.29. The van der Waals surface area contributed by atoms with Crippen LogP contribution in [0.15, 0.2) is 67.0 Å². The van der Waals surface area contributed by atoms with Crippen LogP contribution >= 0.6 is 0 Å². The minimum absolute atomic E-state index is 0.0229. The Labute approximate surface area is 133 Å². The van der Waals surface area contributed by atoms with Crippen molar-refractivity contribution in [2.45, 2.75) is 12.3 Å². The van der Waals surface area contributed by atoms with Crippen LogP contribution < -0.4 is 0 Å². The first-order chi connectivity index (χ1) is 11.1. The largest absolute Gasteiger partial charge is 0.508 e. The van der Waals surface area contributed by atoms with Crippen molar-refractivity contribution >= 4 is 0 Å². The standard InChI is InChI=1S/C19H15F2NO/c20-15-3-1-14(2-4-15)17(11-13-7-9-22-10-8-13)18-12-16(21)5-6-19(18)23/h1-10,12,17,23H,11H2. The third-order valence-electron chi connectivity index (χ3n) is 3.83. The zero-order chi connectivity index (χ0) is 16.2. The van der Waals surface area contributed by atoms with E-state index in [2.05, 4.69) is 4.98 Å². The molecule has 1 N–H and O–H groups in total. The van der Waals surface area contributed by atoms with Gasteiger partial charge in [0.25, 0.3) is 0 Å². The highest BCUT2D eigenvalue weighted by Gasteiger charge is 2.19. The van der Waals surface area contributed by atoms with Gasteiger partial charge >= 0.3 is 0 Å². The van der Waals surface area contributed by atoms with E-state index in [4.69, 9.17) is 0 Å². The molecule has 0 aliphatic rings. The van der Waals surface area contributed by atoms with Crippen molar-refractivity contribution in [2.75, 3.05) is 0 Å². The van der Waals surface area contributed by atoms with Gasteiger partial charge in [-0.05, 0) is 60.0 Å². The first-order valence-corrected chi connectivity index (χ1v) is 7.26. The second-order valence-corrected chi connectivity index (χ2v) is 5.37. The maximum absolute atomic E-state index is 13.6. The summed E-state index contributed by atoms with van der Waals surface area (Å²) in [6.45, 7) is 0. The number of halogens is 2. The van der Waals surface area contributed by atoms with Gasteiger partial charge in [-0.1, -0.05) is 12.1 Å². The molecule has 3 aromatic rings. The lowest BCUT2D eigenvalue weighted by atomic mass is 9.85. The number of nitrogens with zero attached hydrogens (tertiary/aromatic N) is 1. The average Bonchev–Trinajstić information content (AvgIpc) is 2.57. The van der Waals surface area contributed by atoms with E-state index in [0.717, 1.165) is 11.1 Å². The molecule has 0 spiro atoms. The van der Waals surface area contributed by atoms with E-state index in [1.54, 1.807) is 24.5 Å². The van der Waals surface area contributed by atoms with Crippen LogP contribution in [0.3, 0.4) is 0 Å². The van der Waals surface area contributed by atoms with Gasteiger partial charge in [0.15, 0.2) is 0 Å². The quantitative estimate of drug-likeness (QED) is 0.772. The molecule has 116 valence electrons. The Balaban J connectivity index is 2.05. The summed E-state index contributed by atoms with van der Waals surface area (Å²) in [6, 6.07) is 13.7. The van der Waals surface area contributed by atoms with E-state index in [9.17, 15) is 13.9 Å². The van der Waals surface area contributed by atoms with Crippen LogP contribution in [0.1, 0.15) is 22.6 Å². The average molecular weight is 311 g/mol. The lowest BCUT2D eigenvalue weighted by molar-refractivity contribution is 0.461. The number of pyridine rings is 1. The highest BCUT2D eigenvalue weighted by Crippen LogP contribution is 2.34. The van der Waals surface area contributed by atoms with E-state index in [1.165, 1.54) is 30.3 Å². The van der Waals surface area contributed by atoms with Crippen LogP contribution in [-0.4, -0.2) is 10.1 Å². The normalized spacial score (nSPS) is 12.1. The van der Waals surface area contributed by atoms with Crippen LogP contribution in [0.2, 0.25) is 0 Å². The molecule has 0 fully saturated rings. The number of aromatic nitrogens is 1. The summed E-state index contributed by atoms with van der Waals surface area (Å²) in [6.07, 6.45) is 3.91. The third kappa shape index (κ3) is 3.54. The van der Waals surface area contributed by atoms with Gasteiger partial charge in [-0.3, -0.25) is 4.98 Å². The Hall–Kier alpha value is -2.75. The second kappa shape index (κ2) is 6.57. The monoisotopic (exact) mass is 311 g/mol. The molecule has 2 aromatic carbocycles. The summed E-state index contributed by atoms with van der Waals surface area (Å²) >= 11 is 0. The Kier molecular flexibility index (Phi) is 4.33. The summed E-state index contributed by atoms with van der Waals surface area (Å²) in [5, 5.41) is 10.1. The molecule has 2 nitrogen and oxygen atoms in total. The molecule has 0 aliphatic carbocycles. The van der Waals surface area contributed by atoms with Crippen molar-refractivity contribution in [1.29, 1.82) is 0 Å². The van der Waals surface area contributed by atoms with Crippen molar-refractivity contribution in [3.05, 3.63) is 95.3 Å². The summed E-state index contributed by atoms with van der Waals surface area (Å²) in [5.74, 6) is -1.01. The van der Waals surface area contributed by atoms with E-state index in [1.807, 2.05) is 12.1 Å². The summed E-state index contributed by atoms with van der Waals surface area (Å²) in [4.78, 5) is 3.98. The Morgan fingerprint density at radius 2 is 1.52 bits per heavy atom. The predicted molar refractivity (Wildman–Crippen MR) is 84.2 cm³/mol. The van der Waals surface area contributed by atoms with Crippen molar-refractivity contribution in [1.82, 2.24) is 4.98 Å². The molecular weight excluding hydrogens is 296 g/mol. The van der Waals surface area contributed by atoms with Crippen molar-refractivity contribution < 1.29 is 13.9 Å². The molecule has 0 amide bonds. The molecule has 0 saturated carbocycles. The lowest BCUT2D eigenvalue weighted by Gasteiger charge is -2.19. The van der Waals surface area contributed by atoms with Crippen molar-refractivity contribution in [3.63, 3.8) is 0 Å². The molecule has 23 heavy (non-hydrogen) atoms. The fourth-order valence-corrected chi connectivity index (χ4v) is 2.66. The van der Waals surface area contributed by atoms with Gasteiger partial charge in [0.1, 0.15) is 17.4 Å². The molecule has 0 bridgehead atoms. The van der Waals surface area contributed by atoms with Crippen LogP contribution in [0.5, 0.6) is 5.75 Å². The first kappa shape index (κ1) is 15.2. The molecule has 0 aliphatic heterocycles. The minimum atomic E-state index is -0.417. The molecule has 1 aromatic heterocycles. The third-order valence-corrected chi connectivity index (χ3v) is 3.83. The Morgan fingerprint density at radius 1 is 0.870 bits per heavy atom. The van der Waals surface area contributed by atoms with Crippen molar-refractivity contribution in [3.8, 4) is 5.75 Å². The SMILES string of the molecule is Oc1ccc(F)cc1C(Cc1ccncc1)c1ccc(F)cc1. The van der Waals surface area contributed by atoms with Gasteiger partial charge in [0.2, 0.25) is 0 Å². The Morgan fingerprint density at radius 3 is 2.22 bits per heavy atom. The maximum Gasteiger partial charge on any atom is 0.123 e. The van der Waals surface area contributed by atoms with E-state index in [0.29, 0.717) is 12.0 Å². The summed E-state index contributed by atoms with van der Waals surface area (Å²) in [7, 11) is 0. The maximum atomic E-state index is 13.6. The molecule has 3 rings (SSSR count). The van der Waals surface area contributed by atoms with E-state index in [-0.39, 0.29) is 17.5 Å². The van der Waals surface area contributed by atoms with Gasteiger partial charge < -0.3 is 5.11 Å². The van der Waals surface area contributed by atoms with Gasteiger partial charge in [-0.25, -0.2) is 8.78 Å². The first-order valence-electron chi connectivity index (χ1n) is 7.26. The highest BCUT2D eigenvalue weighted by molar-refractivity contribution is 5.43. The number of aromatic hydroxyl groups is 1. The lowest BCUT2D eigenvalue weighted by Crippen LogP contribution is -2.06. The minimum Gasteiger partial charge on any atom is -0.508 e. The number of hydrogen-bond acceptors (Lipinski definition) is 2. The van der Waals surface area contributed by atoms with E-state index < -0.39 is 5.82 Å². The van der Waals surface area contributed by atoms with Crippen LogP contribution in [0.4, 0.5) is 8.78 Å². The molecule has 1 unspecified atom stereocenters. The van der Waals surface area contributed by atoms with Crippen LogP contribution in [-0.2, 0) is 6.42 Å². The summed E-state index contributed by atoms with van der Waals surface area (Å²) < 4.78 is 26.9. The number of phenols is 1. The second-order valence-electron chi connectivity index (χ2n) is 5.37. The number of rotatable bonds is 4. The van der Waals surface area contributed by atoms with Crippen LogP contribution in [0.25, 0.3) is 0 Å². The molecule has 4 heteroatoms. The topological polar surface area (TPSA) is 33.1 Å². The molecule has 0 radical (unpaired) electrons. The predicted octanol–water partition coefficient (Wildman–Crippen LogP) is 4.44. The fraction of sp³-hybridized carbons (Fsp3) is 0.105. The Bertz CT molecular complexity index is 788. The molecule has 0 saturated heterocycles. The number of phenolic OH excluding ortho intramolecular Hbond substituents is 1. The molecule has 1 atom stereocenters. The van der Waals surface area contributed by atoms with Crippen molar-refractivity contribution in [2.24, 2.45) is 0 Å². The van der Waals surface area contributed by atoms with Gasteiger partial charge in [-0.2, -0.15) is 0 Å². The smallest absolute Gasteiger partial charge is 0.123 e. The molecule has 1 heterocycles. The zero-order valence-electron chi connectivity index (χ0n) is 12.3. The number of benzene rings is 2. The highest BCUT2D eigenvalue weighted by atomic mass is 19.1. The fourth-order valence-electron chi connectivity index (χ4n) is 2.66. The van der Waals surface area contributed by atoms with E-state index >= 15 is 0 Å².